The van der Waals surface area contributed by atoms with Crippen LogP contribution in [0.2, 0.25) is 0 Å². The molecule has 1 aromatic rings. The van der Waals surface area contributed by atoms with E-state index in [2.05, 4.69) is 10.6 Å². The minimum atomic E-state index is -0.101. The van der Waals surface area contributed by atoms with Gasteiger partial charge in [-0.3, -0.25) is 4.79 Å². The summed E-state index contributed by atoms with van der Waals surface area (Å²) in [5.41, 5.74) is 1.59. The van der Waals surface area contributed by atoms with Gasteiger partial charge in [-0.2, -0.15) is 0 Å². The fraction of sp³-hybridized carbons (Fsp3) is 0.533. The van der Waals surface area contributed by atoms with E-state index in [1.165, 1.54) is 12.8 Å². The Labute approximate surface area is 114 Å². The van der Waals surface area contributed by atoms with Crippen molar-refractivity contribution in [2.75, 3.05) is 11.9 Å². The van der Waals surface area contributed by atoms with Crippen LogP contribution in [0.25, 0.3) is 0 Å². The lowest BCUT2D eigenvalue weighted by atomic mass is 10.1. The number of amides is 1. The lowest BCUT2D eigenvalue weighted by Crippen LogP contribution is -2.34. The van der Waals surface area contributed by atoms with Crippen molar-refractivity contribution in [1.82, 2.24) is 5.32 Å². The van der Waals surface area contributed by atoms with E-state index in [0.29, 0.717) is 18.3 Å². The Balaban J connectivity index is 1.87. The second kappa shape index (κ2) is 6.57. The molecule has 1 saturated carbocycles. The first-order valence-corrected chi connectivity index (χ1v) is 7.04. The fourth-order valence-corrected chi connectivity index (χ4v) is 2.46. The largest absolute Gasteiger partial charge is 0.506 e. The van der Waals surface area contributed by atoms with Crippen LogP contribution in [0.1, 0.15) is 38.2 Å². The number of hydrogen-bond acceptors (Lipinski definition) is 3. The second-order valence-electron chi connectivity index (χ2n) is 5.12. The molecule has 1 aliphatic rings. The maximum atomic E-state index is 11.8. The molecule has 1 amide bonds. The van der Waals surface area contributed by atoms with Gasteiger partial charge in [-0.1, -0.05) is 25.8 Å². The smallest absolute Gasteiger partial charge is 0.238 e. The van der Waals surface area contributed by atoms with Gasteiger partial charge in [0.2, 0.25) is 5.91 Å². The average molecular weight is 262 g/mol. The van der Waals surface area contributed by atoms with Crippen LogP contribution in [0, 0.1) is 0 Å². The quantitative estimate of drug-likeness (QED) is 0.714. The number of aryl methyl sites for hydroxylation is 1. The van der Waals surface area contributed by atoms with Crippen molar-refractivity contribution in [3.63, 3.8) is 0 Å². The second-order valence-corrected chi connectivity index (χ2v) is 5.12. The normalized spacial score (nSPS) is 15.6. The van der Waals surface area contributed by atoms with Gasteiger partial charge in [0.05, 0.1) is 12.2 Å². The summed E-state index contributed by atoms with van der Waals surface area (Å²) in [5.74, 6) is 0.0156. The lowest BCUT2D eigenvalue weighted by Gasteiger charge is -2.13. The summed E-state index contributed by atoms with van der Waals surface area (Å²) >= 11 is 0. The summed E-state index contributed by atoms with van der Waals surface area (Å²) in [6.45, 7) is 2.35. The molecular weight excluding hydrogens is 240 g/mol. The highest BCUT2D eigenvalue weighted by atomic mass is 16.3. The van der Waals surface area contributed by atoms with Crippen LogP contribution >= 0.6 is 0 Å². The maximum absolute atomic E-state index is 11.8. The molecule has 4 nitrogen and oxygen atoms in total. The summed E-state index contributed by atoms with van der Waals surface area (Å²) < 4.78 is 0. The minimum absolute atomic E-state index is 0.101. The molecule has 4 heteroatoms. The molecule has 0 aromatic heterocycles. The van der Waals surface area contributed by atoms with Gasteiger partial charge in [-0.25, -0.2) is 0 Å². The van der Waals surface area contributed by atoms with Gasteiger partial charge >= 0.3 is 0 Å². The molecule has 1 aromatic carbocycles. The van der Waals surface area contributed by atoms with Crippen LogP contribution in [0.5, 0.6) is 5.75 Å². The zero-order valence-electron chi connectivity index (χ0n) is 11.4. The third-order valence-electron chi connectivity index (χ3n) is 3.65. The highest BCUT2D eigenvalue weighted by molar-refractivity contribution is 5.93. The van der Waals surface area contributed by atoms with Gasteiger partial charge < -0.3 is 15.7 Å². The highest BCUT2D eigenvalue weighted by Crippen LogP contribution is 2.24. The Hall–Kier alpha value is -1.55. The van der Waals surface area contributed by atoms with E-state index >= 15 is 0 Å². The predicted octanol–water partition coefficient (Wildman–Crippen LogP) is 2.43. The predicted molar refractivity (Wildman–Crippen MR) is 76.4 cm³/mol. The molecule has 0 spiro atoms. The molecule has 0 saturated heterocycles. The van der Waals surface area contributed by atoms with Crippen LogP contribution in [0.3, 0.4) is 0 Å². The number of anilines is 1. The van der Waals surface area contributed by atoms with E-state index in [4.69, 9.17) is 0 Å². The number of hydrogen-bond donors (Lipinski definition) is 3. The van der Waals surface area contributed by atoms with Crippen LogP contribution in [0.15, 0.2) is 18.2 Å². The number of rotatable bonds is 5. The number of phenolic OH excluding ortho intramolecular Hbond substituents is 1. The molecular formula is C15H22N2O2. The number of carbonyl (C=O) groups is 1. The van der Waals surface area contributed by atoms with Gasteiger partial charge in [0.1, 0.15) is 5.75 Å². The van der Waals surface area contributed by atoms with Gasteiger partial charge in [0, 0.05) is 6.04 Å². The molecule has 0 radical (unpaired) electrons. The molecule has 0 atom stereocenters. The van der Waals surface area contributed by atoms with Crippen LogP contribution < -0.4 is 10.6 Å². The van der Waals surface area contributed by atoms with Crippen molar-refractivity contribution in [2.24, 2.45) is 0 Å². The summed E-state index contributed by atoms with van der Waals surface area (Å²) in [7, 11) is 0. The number of nitrogens with one attached hydrogen (secondary N) is 2. The van der Waals surface area contributed by atoms with Crippen LogP contribution in [-0.4, -0.2) is 23.6 Å². The van der Waals surface area contributed by atoms with E-state index in [1.54, 1.807) is 6.07 Å². The maximum Gasteiger partial charge on any atom is 0.238 e. The summed E-state index contributed by atoms with van der Waals surface area (Å²) in [4.78, 5) is 11.8. The molecule has 104 valence electrons. The van der Waals surface area contributed by atoms with Gasteiger partial charge in [0.15, 0.2) is 0 Å². The number of phenols is 1. The first-order valence-electron chi connectivity index (χ1n) is 7.04. The van der Waals surface area contributed by atoms with Gasteiger partial charge in [-0.05, 0) is 37.0 Å². The van der Waals surface area contributed by atoms with E-state index in [0.717, 1.165) is 24.8 Å². The Morgan fingerprint density at radius 2 is 2.11 bits per heavy atom. The van der Waals surface area contributed by atoms with Crippen LogP contribution in [0.4, 0.5) is 5.69 Å². The van der Waals surface area contributed by atoms with E-state index in [1.807, 2.05) is 19.1 Å². The van der Waals surface area contributed by atoms with E-state index < -0.39 is 0 Å². The Bertz CT molecular complexity index is 440. The monoisotopic (exact) mass is 262 g/mol. The Kier molecular flexibility index (Phi) is 4.80. The topological polar surface area (TPSA) is 61.4 Å². The molecule has 2 rings (SSSR count). The molecule has 3 N–H and O–H groups in total. The average Bonchev–Trinajstić information content (AvgIpc) is 2.92. The first-order chi connectivity index (χ1) is 9.19. The Morgan fingerprint density at radius 1 is 1.37 bits per heavy atom. The van der Waals surface area contributed by atoms with E-state index in [9.17, 15) is 9.90 Å². The summed E-state index contributed by atoms with van der Waals surface area (Å²) in [6, 6.07) is 5.78. The van der Waals surface area contributed by atoms with Gasteiger partial charge in [0.25, 0.3) is 0 Å². The number of carbonyl (C=O) groups excluding carboxylic acids is 1. The molecule has 1 aliphatic carbocycles. The SMILES string of the molecule is CCc1ccc(O)c(NC(=O)CNC2CCCC2)c1. The van der Waals surface area contributed by atoms with Crippen molar-refractivity contribution in [3.8, 4) is 5.75 Å². The standard InChI is InChI=1S/C15H22N2O2/c1-2-11-7-8-14(18)13(9-11)17-15(19)10-16-12-5-3-4-6-12/h7-9,12,16,18H,2-6,10H2,1H3,(H,17,19). The molecule has 0 bridgehead atoms. The summed E-state index contributed by atoms with van der Waals surface area (Å²) in [6.07, 6.45) is 5.69. The Morgan fingerprint density at radius 3 is 2.79 bits per heavy atom. The van der Waals surface area contributed by atoms with Crippen molar-refractivity contribution < 1.29 is 9.90 Å². The van der Waals surface area contributed by atoms with Crippen molar-refractivity contribution in [1.29, 1.82) is 0 Å². The zero-order chi connectivity index (χ0) is 13.7. The minimum Gasteiger partial charge on any atom is -0.506 e. The van der Waals surface area contributed by atoms with Gasteiger partial charge in [-0.15, -0.1) is 0 Å². The molecule has 19 heavy (non-hydrogen) atoms. The number of benzene rings is 1. The molecule has 0 aliphatic heterocycles. The summed E-state index contributed by atoms with van der Waals surface area (Å²) in [5, 5.41) is 15.7. The van der Waals surface area contributed by atoms with Crippen LogP contribution in [-0.2, 0) is 11.2 Å². The molecule has 1 fully saturated rings. The van der Waals surface area contributed by atoms with Crippen molar-refractivity contribution in [2.45, 2.75) is 45.1 Å². The first kappa shape index (κ1) is 13.9. The lowest BCUT2D eigenvalue weighted by molar-refractivity contribution is -0.115. The number of aromatic hydroxyl groups is 1. The highest BCUT2D eigenvalue weighted by Gasteiger charge is 2.15. The third-order valence-corrected chi connectivity index (χ3v) is 3.65. The fourth-order valence-electron chi connectivity index (χ4n) is 2.46. The third kappa shape index (κ3) is 3.96. The molecule has 0 heterocycles. The molecule has 0 unspecified atom stereocenters. The van der Waals surface area contributed by atoms with Crippen molar-refractivity contribution in [3.05, 3.63) is 23.8 Å². The van der Waals surface area contributed by atoms with E-state index in [-0.39, 0.29) is 11.7 Å². The van der Waals surface area contributed by atoms with Crippen molar-refractivity contribution >= 4 is 11.6 Å². The zero-order valence-corrected chi connectivity index (χ0v) is 11.4.